The Hall–Kier alpha value is -2.97. The molecule has 1 aromatic heterocycles. The second-order valence-electron chi connectivity index (χ2n) is 5.80. The lowest BCUT2D eigenvalue weighted by Crippen LogP contribution is -2.09. The molecule has 0 amide bonds. The number of nitrogens with one attached hydrogen (secondary N) is 1. The van der Waals surface area contributed by atoms with E-state index in [1.165, 1.54) is 0 Å². The van der Waals surface area contributed by atoms with Crippen molar-refractivity contribution in [3.05, 3.63) is 58.7 Å². The third-order valence-electron chi connectivity index (χ3n) is 4.22. The first-order chi connectivity index (χ1) is 12.6. The normalized spacial score (nSPS) is 11.7. The summed E-state index contributed by atoms with van der Waals surface area (Å²) in [6.07, 6.45) is 1.57. The summed E-state index contributed by atoms with van der Waals surface area (Å²) in [6, 6.07) is 13.3. The predicted octanol–water partition coefficient (Wildman–Crippen LogP) is 4.95. The highest BCUT2D eigenvalue weighted by atomic mass is 35.5. The summed E-state index contributed by atoms with van der Waals surface area (Å²) in [4.78, 5) is 4.33. The standard InChI is InChI=1S/C20H18ClN3O2/c1-12(13-4-7-18(25-2)19(8-13)26-3)24-20-14(10-22)11-23-17-6-5-15(21)9-16(17)20/h4-9,11-12H,1-3H3,(H,23,24). The van der Waals surface area contributed by atoms with Crippen molar-refractivity contribution in [1.82, 2.24) is 4.98 Å². The van der Waals surface area contributed by atoms with E-state index in [1.807, 2.05) is 37.3 Å². The van der Waals surface area contributed by atoms with E-state index in [-0.39, 0.29) is 6.04 Å². The SMILES string of the molecule is COc1ccc(C(C)Nc2c(C#N)cnc3ccc(Cl)cc23)cc1OC. The molecule has 0 saturated heterocycles. The second kappa shape index (κ2) is 7.51. The molecular formula is C20H18ClN3O2. The van der Waals surface area contributed by atoms with Gasteiger partial charge in [0.15, 0.2) is 11.5 Å². The van der Waals surface area contributed by atoms with Crippen LogP contribution in [0.5, 0.6) is 11.5 Å². The fourth-order valence-corrected chi connectivity index (χ4v) is 3.00. The number of aromatic nitrogens is 1. The zero-order valence-electron chi connectivity index (χ0n) is 14.7. The summed E-state index contributed by atoms with van der Waals surface area (Å²) < 4.78 is 10.7. The maximum atomic E-state index is 9.48. The van der Waals surface area contributed by atoms with Crippen LogP contribution >= 0.6 is 11.6 Å². The van der Waals surface area contributed by atoms with E-state index < -0.39 is 0 Å². The molecule has 0 aliphatic rings. The van der Waals surface area contributed by atoms with Crippen LogP contribution in [-0.2, 0) is 0 Å². The minimum Gasteiger partial charge on any atom is -0.493 e. The van der Waals surface area contributed by atoms with E-state index in [0.717, 1.165) is 16.5 Å². The number of hydrogen-bond donors (Lipinski definition) is 1. The van der Waals surface area contributed by atoms with Crippen molar-refractivity contribution in [2.45, 2.75) is 13.0 Å². The molecule has 0 bridgehead atoms. The van der Waals surface area contributed by atoms with Crippen molar-refractivity contribution in [1.29, 1.82) is 5.26 Å². The van der Waals surface area contributed by atoms with Gasteiger partial charge in [-0.1, -0.05) is 17.7 Å². The van der Waals surface area contributed by atoms with Crippen molar-refractivity contribution in [3.63, 3.8) is 0 Å². The average molecular weight is 368 g/mol. The Morgan fingerprint density at radius 2 is 1.88 bits per heavy atom. The Kier molecular flexibility index (Phi) is 5.15. The van der Waals surface area contributed by atoms with Crippen LogP contribution in [-0.4, -0.2) is 19.2 Å². The van der Waals surface area contributed by atoms with E-state index in [2.05, 4.69) is 16.4 Å². The number of nitrogens with zero attached hydrogens (tertiary/aromatic N) is 2. The molecule has 1 heterocycles. The Bertz CT molecular complexity index is 998. The van der Waals surface area contributed by atoms with Gasteiger partial charge in [-0.2, -0.15) is 5.26 Å². The lowest BCUT2D eigenvalue weighted by Gasteiger charge is -2.19. The molecule has 0 aliphatic carbocycles. The van der Waals surface area contributed by atoms with E-state index in [4.69, 9.17) is 21.1 Å². The molecule has 0 saturated carbocycles. The van der Waals surface area contributed by atoms with Gasteiger partial charge in [0.25, 0.3) is 0 Å². The number of pyridine rings is 1. The summed E-state index contributed by atoms with van der Waals surface area (Å²) >= 11 is 6.14. The quantitative estimate of drug-likeness (QED) is 0.691. The van der Waals surface area contributed by atoms with Gasteiger partial charge in [0.2, 0.25) is 0 Å². The van der Waals surface area contributed by atoms with Gasteiger partial charge in [0.1, 0.15) is 6.07 Å². The molecule has 0 fully saturated rings. The van der Waals surface area contributed by atoms with E-state index in [9.17, 15) is 5.26 Å². The zero-order chi connectivity index (χ0) is 18.7. The van der Waals surface area contributed by atoms with Gasteiger partial charge in [0.05, 0.1) is 31.0 Å². The molecule has 1 unspecified atom stereocenters. The Labute approximate surface area is 157 Å². The van der Waals surface area contributed by atoms with Crippen molar-refractivity contribution in [3.8, 4) is 17.6 Å². The minimum atomic E-state index is -0.0773. The molecule has 3 aromatic rings. The Balaban J connectivity index is 2.03. The Morgan fingerprint density at radius 3 is 2.58 bits per heavy atom. The van der Waals surface area contributed by atoms with E-state index in [0.29, 0.717) is 27.8 Å². The number of anilines is 1. The number of halogens is 1. The van der Waals surface area contributed by atoms with Crippen molar-refractivity contribution in [2.75, 3.05) is 19.5 Å². The fraction of sp³-hybridized carbons (Fsp3) is 0.200. The van der Waals surface area contributed by atoms with Gasteiger partial charge in [-0.25, -0.2) is 0 Å². The molecule has 1 atom stereocenters. The van der Waals surface area contributed by atoms with Crippen LogP contribution in [0, 0.1) is 11.3 Å². The molecule has 0 radical (unpaired) electrons. The van der Waals surface area contributed by atoms with Crippen LogP contribution in [0.15, 0.2) is 42.6 Å². The van der Waals surface area contributed by atoms with Gasteiger partial charge in [-0.15, -0.1) is 0 Å². The molecule has 0 spiro atoms. The highest BCUT2D eigenvalue weighted by Gasteiger charge is 2.15. The van der Waals surface area contributed by atoms with Gasteiger partial charge in [0, 0.05) is 22.6 Å². The number of methoxy groups -OCH3 is 2. The molecule has 1 N–H and O–H groups in total. The van der Waals surface area contributed by atoms with Crippen LogP contribution in [0.25, 0.3) is 10.9 Å². The first kappa shape index (κ1) is 17.8. The molecule has 6 heteroatoms. The number of nitriles is 1. The number of ether oxygens (including phenoxy) is 2. The molecule has 2 aromatic carbocycles. The lowest BCUT2D eigenvalue weighted by atomic mass is 10.0. The predicted molar refractivity (Wildman–Crippen MR) is 103 cm³/mol. The summed E-state index contributed by atoms with van der Waals surface area (Å²) in [6.45, 7) is 2.01. The molecule has 0 aliphatic heterocycles. The average Bonchev–Trinajstić information content (AvgIpc) is 2.67. The maximum absolute atomic E-state index is 9.48. The fourth-order valence-electron chi connectivity index (χ4n) is 2.83. The van der Waals surface area contributed by atoms with Crippen LogP contribution < -0.4 is 14.8 Å². The molecule has 5 nitrogen and oxygen atoms in total. The lowest BCUT2D eigenvalue weighted by molar-refractivity contribution is 0.354. The largest absolute Gasteiger partial charge is 0.493 e. The highest BCUT2D eigenvalue weighted by molar-refractivity contribution is 6.31. The number of benzene rings is 2. The van der Waals surface area contributed by atoms with Gasteiger partial charge < -0.3 is 14.8 Å². The third-order valence-corrected chi connectivity index (χ3v) is 4.45. The highest BCUT2D eigenvalue weighted by Crippen LogP contribution is 2.34. The molecule has 3 rings (SSSR count). The zero-order valence-corrected chi connectivity index (χ0v) is 15.5. The number of rotatable bonds is 5. The number of fused-ring (bicyclic) bond motifs is 1. The van der Waals surface area contributed by atoms with Crippen LogP contribution in [0.3, 0.4) is 0 Å². The minimum absolute atomic E-state index is 0.0773. The summed E-state index contributed by atoms with van der Waals surface area (Å²) in [5.41, 5.74) is 2.95. The van der Waals surface area contributed by atoms with E-state index >= 15 is 0 Å². The maximum Gasteiger partial charge on any atom is 0.161 e. The van der Waals surface area contributed by atoms with Crippen molar-refractivity contribution in [2.24, 2.45) is 0 Å². The van der Waals surface area contributed by atoms with Crippen LogP contribution in [0.2, 0.25) is 5.02 Å². The third kappa shape index (κ3) is 3.37. The topological polar surface area (TPSA) is 67.2 Å². The van der Waals surface area contributed by atoms with Crippen LogP contribution in [0.1, 0.15) is 24.1 Å². The van der Waals surface area contributed by atoms with Crippen LogP contribution in [0.4, 0.5) is 5.69 Å². The first-order valence-electron chi connectivity index (χ1n) is 8.04. The number of hydrogen-bond acceptors (Lipinski definition) is 5. The van der Waals surface area contributed by atoms with Gasteiger partial charge in [-0.05, 0) is 42.8 Å². The van der Waals surface area contributed by atoms with Gasteiger partial charge >= 0.3 is 0 Å². The molecular weight excluding hydrogens is 350 g/mol. The summed E-state index contributed by atoms with van der Waals surface area (Å²) in [5, 5.41) is 14.3. The van der Waals surface area contributed by atoms with Crippen molar-refractivity contribution >= 4 is 28.2 Å². The van der Waals surface area contributed by atoms with E-state index in [1.54, 1.807) is 26.5 Å². The Morgan fingerprint density at radius 1 is 1.12 bits per heavy atom. The smallest absolute Gasteiger partial charge is 0.161 e. The molecule has 132 valence electrons. The van der Waals surface area contributed by atoms with Gasteiger partial charge in [-0.3, -0.25) is 4.98 Å². The van der Waals surface area contributed by atoms with Crippen molar-refractivity contribution < 1.29 is 9.47 Å². The first-order valence-corrected chi connectivity index (χ1v) is 8.42. The summed E-state index contributed by atoms with van der Waals surface area (Å²) in [7, 11) is 3.21. The molecule has 26 heavy (non-hydrogen) atoms. The summed E-state index contributed by atoms with van der Waals surface area (Å²) in [5.74, 6) is 1.32. The monoisotopic (exact) mass is 367 g/mol. The second-order valence-corrected chi connectivity index (χ2v) is 6.24.